The van der Waals surface area contributed by atoms with E-state index in [9.17, 15) is 10.1 Å². The van der Waals surface area contributed by atoms with Crippen LogP contribution in [0, 0.1) is 17.0 Å². The van der Waals surface area contributed by atoms with Crippen molar-refractivity contribution in [3.05, 3.63) is 38.9 Å². The molecule has 0 saturated carbocycles. The highest BCUT2D eigenvalue weighted by molar-refractivity contribution is 7.14. The van der Waals surface area contributed by atoms with Crippen LogP contribution in [-0.2, 0) is 0 Å². The highest BCUT2D eigenvalue weighted by Crippen LogP contribution is 2.31. The number of nitrogens with two attached hydrogens (primary N) is 1. The SMILES string of the molecule is CCC(N)c1nnc(-c2ccc([N+](=O)[O-])cc2C)s1. The maximum absolute atomic E-state index is 10.7. The first-order valence-corrected chi connectivity index (χ1v) is 6.69. The van der Waals surface area contributed by atoms with Gasteiger partial charge in [0, 0.05) is 17.7 Å². The summed E-state index contributed by atoms with van der Waals surface area (Å²) in [5.74, 6) is 0. The third-order valence-corrected chi connectivity index (χ3v) is 3.94. The molecule has 1 unspecified atom stereocenters. The molecule has 0 saturated heterocycles. The lowest BCUT2D eigenvalue weighted by atomic mass is 10.1. The van der Waals surface area contributed by atoms with Crippen LogP contribution >= 0.6 is 11.3 Å². The van der Waals surface area contributed by atoms with Crippen molar-refractivity contribution in [2.24, 2.45) is 5.73 Å². The fourth-order valence-corrected chi connectivity index (χ4v) is 2.69. The fraction of sp³-hybridized carbons (Fsp3) is 0.333. The molecule has 6 nitrogen and oxygen atoms in total. The number of nitro benzene ring substituents is 1. The summed E-state index contributed by atoms with van der Waals surface area (Å²) in [6, 6.07) is 4.61. The number of aromatic nitrogens is 2. The number of aryl methyl sites for hydroxylation is 1. The number of hydrogen-bond donors (Lipinski definition) is 1. The molecule has 2 rings (SSSR count). The van der Waals surface area contributed by atoms with Crippen LogP contribution in [0.4, 0.5) is 5.69 Å². The van der Waals surface area contributed by atoms with Gasteiger partial charge in [0.25, 0.3) is 5.69 Å². The molecule has 0 spiro atoms. The van der Waals surface area contributed by atoms with Crippen LogP contribution < -0.4 is 5.73 Å². The van der Waals surface area contributed by atoms with E-state index in [1.807, 2.05) is 13.8 Å². The second-order valence-corrected chi connectivity index (χ2v) is 5.23. The monoisotopic (exact) mass is 278 g/mol. The van der Waals surface area contributed by atoms with Crippen LogP contribution in [0.15, 0.2) is 18.2 Å². The molecule has 1 aromatic carbocycles. The molecule has 19 heavy (non-hydrogen) atoms. The lowest BCUT2D eigenvalue weighted by Gasteiger charge is -2.02. The van der Waals surface area contributed by atoms with Crippen molar-refractivity contribution in [3.8, 4) is 10.6 Å². The molecule has 0 aliphatic heterocycles. The maximum atomic E-state index is 10.7. The standard InChI is InChI=1S/C12H14N4O2S/c1-3-10(13)12-15-14-11(19-12)9-5-4-8(16(17)18)6-7(9)2/h4-6,10H,3,13H2,1-2H3. The third-order valence-electron chi connectivity index (χ3n) is 2.85. The van der Waals surface area contributed by atoms with E-state index in [1.54, 1.807) is 6.07 Å². The van der Waals surface area contributed by atoms with Gasteiger partial charge in [0.15, 0.2) is 0 Å². The summed E-state index contributed by atoms with van der Waals surface area (Å²) in [6.07, 6.45) is 0.799. The molecule has 2 N–H and O–H groups in total. The van der Waals surface area contributed by atoms with Crippen molar-refractivity contribution >= 4 is 17.0 Å². The molecule has 0 aliphatic rings. The summed E-state index contributed by atoms with van der Waals surface area (Å²) >= 11 is 1.43. The van der Waals surface area contributed by atoms with Gasteiger partial charge in [-0.1, -0.05) is 18.3 Å². The second kappa shape index (κ2) is 5.41. The quantitative estimate of drug-likeness (QED) is 0.685. The molecule has 0 bridgehead atoms. The first kappa shape index (κ1) is 13.6. The fourth-order valence-electron chi connectivity index (χ4n) is 1.67. The zero-order valence-corrected chi connectivity index (χ0v) is 11.5. The summed E-state index contributed by atoms with van der Waals surface area (Å²) in [5.41, 5.74) is 7.65. The van der Waals surface area contributed by atoms with Gasteiger partial charge in [0.1, 0.15) is 10.0 Å². The van der Waals surface area contributed by atoms with Crippen LogP contribution in [-0.4, -0.2) is 15.1 Å². The van der Waals surface area contributed by atoms with Gasteiger partial charge in [0.05, 0.1) is 11.0 Å². The Bertz CT molecular complexity index is 612. The summed E-state index contributed by atoms with van der Waals surface area (Å²) in [5, 5.41) is 20.4. The summed E-state index contributed by atoms with van der Waals surface area (Å²) in [6.45, 7) is 3.81. The molecule has 0 fully saturated rings. The Hall–Kier alpha value is -1.86. The predicted octanol–water partition coefficient (Wildman–Crippen LogP) is 2.83. The number of nitro groups is 1. The minimum Gasteiger partial charge on any atom is -0.322 e. The topological polar surface area (TPSA) is 94.9 Å². The second-order valence-electron chi connectivity index (χ2n) is 4.22. The van der Waals surface area contributed by atoms with Crippen LogP contribution in [0.2, 0.25) is 0 Å². The minimum atomic E-state index is -0.407. The highest BCUT2D eigenvalue weighted by atomic mass is 32.1. The molecule has 1 heterocycles. The summed E-state index contributed by atoms with van der Waals surface area (Å²) < 4.78 is 0. The molecule has 7 heteroatoms. The van der Waals surface area contributed by atoms with E-state index < -0.39 is 4.92 Å². The molecule has 0 aliphatic carbocycles. The molecular weight excluding hydrogens is 264 g/mol. The lowest BCUT2D eigenvalue weighted by Crippen LogP contribution is -2.07. The Morgan fingerprint density at radius 3 is 2.79 bits per heavy atom. The van der Waals surface area contributed by atoms with Gasteiger partial charge >= 0.3 is 0 Å². The van der Waals surface area contributed by atoms with E-state index in [2.05, 4.69) is 10.2 Å². The average Bonchev–Trinajstić information content (AvgIpc) is 2.87. The van der Waals surface area contributed by atoms with Gasteiger partial charge in [-0.05, 0) is 25.0 Å². The molecule has 0 amide bonds. The van der Waals surface area contributed by atoms with Gasteiger partial charge in [-0.25, -0.2) is 0 Å². The molecule has 0 radical (unpaired) electrons. The molecule has 2 aromatic rings. The largest absolute Gasteiger partial charge is 0.322 e. The first-order valence-electron chi connectivity index (χ1n) is 5.87. The first-order chi connectivity index (χ1) is 9.02. The Morgan fingerprint density at radius 1 is 1.47 bits per heavy atom. The van der Waals surface area contributed by atoms with E-state index in [4.69, 9.17) is 5.73 Å². The number of hydrogen-bond acceptors (Lipinski definition) is 6. The van der Waals surface area contributed by atoms with E-state index in [0.29, 0.717) is 0 Å². The zero-order chi connectivity index (χ0) is 14.0. The third kappa shape index (κ3) is 2.77. The normalized spacial score (nSPS) is 12.4. The average molecular weight is 278 g/mol. The van der Waals surface area contributed by atoms with Crippen LogP contribution in [0.5, 0.6) is 0 Å². The Labute approximate surface area is 114 Å². The maximum Gasteiger partial charge on any atom is 0.269 e. The summed E-state index contributed by atoms with van der Waals surface area (Å²) in [4.78, 5) is 10.3. The summed E-state index contributed by atoms with van der Waals surface area (Å²) in [7, 11) is 0. The van der Waals surface area contributed by atoms with Crippen molar-refractivity contribution in [2.45, 2.75) is 26.3 Å². The Kier molecular flexibility index (Phi) is 3.87. The van der Waals surface area contributed by atoms with Crippen molar-refractivity contribution in [3.63, 3.8) is 0 Å². The van der Waals surface area contributed by atoms with E-state index in [1.165, 1.54) is 23.5 Å². The van der Waals surface area contributed by atoms with E-state index >= 15 is 0 Å². The smallest absolute Gasteiger partial charge is 0.269 e. The zero-order valence-electron chi connectivity index (χ0n) is 10.7. The van der Waals surface area contributed by atoms with Gasteiger partial charge < -0.3 is 5.73 Å². The van der Waals surface area contributed by atoms with E-state index in [-0.39, 0.29) is 11.7 Å². The number of rotatable bonds is 4. The minimum absolute atomic E-state index is 0.0799. The van der Waals surface area contributed by atoms with E-state index in [0.717, 1.165) is 27.6 Å². The number of nitrogens with zero attached hydrogens (tertiary/aromatic N) is 3. The molecule has 1 aromatic heterocycles. The van der Waals surface area contributed by atoms with Crippen LogP contribution in [0.1, 0.15) is 30.0 Å². The highest BCUT2D eigenvalue weighted by Gasteiger charge is 2.15. The molecule has 1 atom stereocenters. The Morgan fingerprint density at radius 2 is 2.21 bits per heavy atom. The van der Waals surface area contributed by atoms with Crippen molar-refractivity contribution in [1.29, 1.82) is 0 Å². The van der Waals surface area contributed by atoms with Gasteiger partial charge in [-0.2, -0.15) is 0 Å². The van der Waals surface area contributed by atoms with Crippen molar-refractivity contribution in [1.82, 2.24) is 10.2 Å². The van der Waals surface area contributed by atoms with Gasteiger partial charge in [-0.15, -0.1) is 10.2 Å². The lowest BCUT2D eigenvalue weighted by molar-refractivity contribution is -0.384. The molecular formula is C12H14N4O2S. The Balaban J connectivity index is 2.37. The van der Waals surface area contributed by atoms with Crippen LogP contribution in [0.3, 0.4) is 0 Å². The molecule has 100 valence electrons. The number of non-ortho nitro benzene ring substituents is 1. The predicted molar refractivity (Wildman–Crippen MR) is 74.0 cm³/mol. The van der Waals surface area contributed by atoms with Crippen molar-refractivity contribution in [2.75, 3.05) is 0 Å². The van der Waals surface area contributed by atoms with Gasteiger partial charge in [0.2, 0.25) is 0 Å². The van der Waals surface area contributed by atoms with Gasteiger partial charge in [-0.3, -0.25) is 10.1 Å². The number of benzene rings is 1. The van der Waals surface area contributed by atoms with Crippen LogP contribution in [0.25, 0.3) is 10.6 Å². The van der Waals surface area contributed by atoms with Crippen molar-refractivity contribution < 1.29 is 4.92 Å².